The third kappa shape index (κ3) is 3.41. The maximum absolute atomic E-state index is 13.2. The summed E-state index contributed by atoms with van der Waals surface area (Å²) >= 11 is 0.646. The summed E-state index contributed by atoms with van der Waals surface area (Å²) in [7, 11) is 0. The topological polar surface area (TPSA) is 85.2 Å². The summed E-state index contributed by atoms with van der Waals surface area (Å²) in [5, 5.41) is 3.44. The number of hydrogen-bond acceptors (Lipinski definition) is 5. The second-order valence-electron chi connectivity index (χ2n) is 4.51. The molecule has 0 N–H and O–H groups in total. The van der Waals surface area contributed by atoms with Crippen LogP contribution in [0, 0.1) is 5.82 Å². The van der Waals surface area contributed by atoms with Crippen LogP contribution in [-0.2, 0) is 7.67 Å². The minimum absolute atomic E-state index is 0.180. The molecule has 1 amide bonds. The Kier molecular flexibility index (Phi) is 5.13. The molecule has 1 aromatic heterocycles. The maximum atomic E-state index is 13.2. The third-order valence-corrected chi connectivity index (χ3v) is 6.67. The van der Waals surface area contributed by atoms with Crippen LogP contribution in [-0.4, -0.2) is 51.5 Å². The second kappa shape index (κ2) is 6.74. The standard InChI is InChI=1S/C13H14ClFN4O3Se/c1-3-18(4-2)13(20)19-8-16-12(17-19)23(21,22)9-5-6-11(15)10(14)7-9/h5-8H,3-4H2,1-2H3. The van der Waals surface area contributed by atoms with E-state index in [-0.39, 0.29) is 9.48 Å². The normalized spacial score (nSPS) is 11.5. The Morgan fingerprint density at radius 2 is 2.00 bits per heavy atom. The van der Waals surface area contributed by atoms with Crippen molar-refractivity contribution in [2.45, 2.75) is 13.8 Å². The van der Waals surface area contributed by atoms with E-state index in [1.165, 1.54) is 4.90 Å². The Bertz CT molecular complexity index is 833. The van der Waals surface area contributed by atoms with Crippen LogP contribution in [0.25, 0.3) is 0 Å². The van der Waals surface area contributed by atoms with E-state index in [0.29, 0.717) is 13.1 Å². The molecule has 2 aromatic rings. The van der Waals surface area contributed by atoms with E-state index >= 15 is 0 Å². The third-order valence-electron chi connectivity index (χ3n) is 3.14. The molecule has 0 radical (unpaired) electrons. The number of benzene rings is 1. The number of nitrogens with zero attached hydrogens (tertiary/aromatic N) is 4. The van der Waals surface area contributed by atoms with Gasteiger partial charge in [-0.25, -0.2) is 0 Å². The van der Waals surface area contributed by atoms with Gasteiger partial charge in [-0.05, 0) is 0 Å². The molecule has 0 aliphatic heterocycles. The molecule has 0 aliphatic rings. The molecule has 1 heterocycles. The van der Waals surface area contributed by atoms with Crippen molar-refractivity contribution in [2.24, 2.45) is 0 Å². The van der Waals surface area contributed by atoms with Gasteiger partial charge >= 0.3 is 138 Å². The number of carbonyl (C=O) groups excluding carboxylic acids is 1. The van der Waals surface area contributed by atoms with Gasteiger partial charge in [-0.15, -0.1) is 0 Å². The van der Waals surface area contributed by atoms with E-state index in [9.17, 15) is 16.9 Å². The van der Waals surface area contributed by atoms with Crippen molar-refractivity contribution in [1.29, 1.82) is 0 Å². The van der Waals surface area contributed by atoms with Gasteiger partial charge < -0.3 is 0 Å². The van der Waals surface area contributed by atoms with Gasteiger partial charge in [0.15, 0.2) is 0 Å². The Hall–Kier alpha value is -1.83. The van der Waals surface area contributed by atoms with Crippen molar-refractivity contribution in [2.75, 3.05) is 13.1 Å². The molecular formula is C13H14ClFN4O3Se. The van der Waals surface area contributed by atoms with Gasteiger partial charge in [-0.3, -0.25) is 0 Å². The summed E-state index contributed by atoms with van der Waals surface area (Å²) in [5.41, 5.74) is 0. The number of halogens is 2. The number of carbonyl (C=O) groups is 1. The predicted molar refractivity (Wildman–Crippen MR) is 81.5 cm³/mol. The Morgan fingerprint density at radius 3 is 2.57 bits per heavy atom. The van der Waals surface area contributed by atoms with Crippen molar-refractivity contribution in [1.82, 2.24) is 19.7 Å². The van der Waals surface area contributed by atoms with Crippen molar-refractivity contribution >= 4 is 39.5 Å². The van der Waals surface area contributed by atoms with Crippen LogP contribution < -0.4 is 9.18 Å². The van der Waals surface area contributed by atoms with E-state index < -0.39 is 29.3 Å². The Morgan fingerprint density at radius 1 is 1.35 bits per heavy atom. The number of hydrogen-bond donors (Lipinski definition) is 0. The monoisotopic (exact) mass is 408 g/mol. The van der Waals surface area contributed by atoms with Gasteiger partial charge in [0.2, 0.25) is 0 Å². The van der Waals surface area contributed by atoms with Crippen LogP contribution >= 0.6 is 11.6 Å². The van der Waals surface area contributed by atoms with Crippen molar-refractivity contribution in [3.05, 3.63) is 35.4 Å². The molecule has 7 nitrogen and oxygen atoms in total. The molecule has 2 rings (SSSR count). The molecular weight excluding hydrogens is 394 g/mol. The van der Waals surface area contributed by atoms with Gasteiger partial charge in [0.25, 0.3) is 0 Å². The molecule has 10 heteroatoms. The first kappa shape index (κ1) is 17.5. The molecule has 1 aromatic carbocycles. The fraction of sp³-hybridized carbons (Fsp3) is 0.308. The quantitative estimate of drug-likeness (QED) is 0.700. The summed E-state index contributed by atoms with van der Waals surface area (Å²) in [6.07, 6.45) is 1.04. The molecule has 23 heavy (non-hydrogen) atoms. The van der Waals surface area contributed by atoms with Crippen LogP contribution in [0.15, 0.2) is 24.5 Å². The average Bonchev–Trinajstić information content (AvgIpc) is 3.01. The zero-order chi connectivity index (χ0) is 17.2. The molecule has 0 bridgehead atoms. The van der Waals surface area contributed by atoms with Crippen LogP contribution in [0.4, 0.5) is 9.18 Å². The van der Waals surface area contributed by atoms with Gasteiger partial charge in [-0.2, -0.15) is 0 Å². The first-order valence-electron chi connectivity index (χ1n) is 6.72. The van der Waals surface area contributed by atoms with E-state index in [1.54, 1.807) is 13.8 Å². The van der Waals surface area contributed by atoms with Crippen molar-refractivity contribution < 1.29 is 16.9 Å². The first-order valence-corrected chi connectivity index (χ1v) is 10.2. The summed E-state index contributed by atoms with van der Waals surface area (Å²) < 4.78 is 38.3. The average molecular weight is 408 g/mol. The van der Waals surface area contributed by atoms with E-state index in [2.05, 4.69) is 10.1 Å². The Labute approximate surface area is 138 Å². The van der Waals surface area contributed by atoms with E-state index in [1.807, 2.05) is 0 Å². The molecule has 0 spiro atoms. The minimum atomic E-state index is -4.96. The fourth-order valence-corrected chi connectivity index (χ4v) is 4.51. The number of amides is 1. The van der Waals surface area contributed by atoms with Crippen LogP contribution in [0.1, 0.15) is 13.8 Å². The van der Waals surface area contributed by atoms with Crippen LogP contribution in [0.3, 0.4) is 0 Å². The molecule has 0 saturated heterocycles. The zero-order valence-corrected chi connectivity index (χ0v) is 14.9. The van der Waals surface area contributed by atoms with Gasteiger partial charge in [0.1, 0.15) is 0 Å². The summed E-state index contributed by atoms with van der Waals surface area (Å²) in [5.74, 6) is -0.724. The predicted octanol–water partition coefficient (Wildman–Crippen LogP) is 0.798. The van der Waals surface area contributed by atoms with Gasteiger partial charge in [-0.1, -0.05) is 0 Å². The van der Waals surface area contributed by atoms with Gasteiger partial charge in [0.05, 0.1) is 0 Å². The molecule has 0 atom stereocenters. The van der Waals surface area contributed by atoms with Gasteiger partial charge in [0, 0.05) is 0 Å². The number of rotatable bonds is 4. The Balaban J connectivity index is 2.39. The molecule has 124 valence electrons. The van der Waals surface area contributed by atoms with E-state index in [4.69, 9.17) is 11.6 Å². The van der Waals surface area contributed by atoms with Crippen LogP contribution in [0.5, 0.6) is 0 Å². The number of aromatic nitrogens is 3. The molecule has 0 fully saturated rings. The van der Waals surface area contributed by atoms with E-state index in [0.717, 1.165) is 29.2 Å². The molecule has 0 saturated carbocycles. The SMILES string of the molecule is CCN(CC)C(=O)n1cnc([Se](=O)(=O)c2ccc(F)c(Cl)c2)n1. The van der Waals surface area contributed by atoms with Crippen molar-refractivity contribution in [3.63, 3.8) is 0 Å². The zero-order valence-electron chi connectivity index (χ0n) is 12.4. The van der Waals surface area contributed by atoms with Crippen LogP contribution in [0.2, 0.25) is 5.02 Å². The molecule has 0 aliphatic carbocycles. The summed E-state index contributed by atoms with van der Waals surface area (Å²) in [6.45, 7) is 4.50. The fourth-order valence-electron chi connectivity index (χ4n) is 1.85. The second-order valence-corrected chi connectivity index (χ2v) is 8.78. The summed E-state index contributed by atoms with van der Waals surface area (Å²) in [4.78, 5) is 17.3. The summed E-state index contributed by atoms with van der Waals surface area (Å²) in [6, 6.07) is 2.58. The molecule has 0 unspecified atom stereocenters. The first-order chi connectivity index (χ1) is 10.8. The van der Waals surface area contributed by atoms with Crippen molar-refractivity contribution in [3.8, 4) is 0 Å².